The molecule has 1 aromatic rings. The lowest BCUT2D eigenvalue weighted by atomic mass is 9.92. The number of methoxy groups -OCH3 is 1. The number of hydrogen-bond acceptors (Lipinski definition) is 3. The standard InChI is InChI=1S/C12H11NO2/c1-15-11(14)12(6-7-12)10-5-3-2-4-9(10)8-13/h2-5H,6-7H2,1H3. The van der Waals surface area contributed by atoms with Crippen LogP contribution in [0.15, 0.2) is 24.3 Å². The highest BCUT2D eigenvalue weighted by Gasteiger charge is 2.53. The number of benzene rings is 1. The van der Waals surface area contributed by atoms with E-state index in [1.165, 1.54) is 7.11 Å². The van der Waals surface area contributed by atoms with Gasteiger partial charge in [-0.3, -0.25) is 4.79 Å². The maximum atomic E-state index is 11.6. The Morgan fingerprint density at radius 3 is 2.67 bits per heavy atom. The van der Waals surface area contributed by atoms with Crippen molar-refractivity contribution in [1.29, 1.82) is 5.26 Å². The highest BCUT2D eigenvalue weighted by molar-refractivity contribution is 5.87. The van der Waals surface area contributed by atoms with Gasteiger partial charge in [-0.25, -0.2) is 0 Å². The Hall–Kier alpha value is -1.82. The number of esters is 1. The van der Waals surface area contributed by atoms with E-state index in [0.29, 0.717) is 5.56 Å². The lowest BCUT2D eigenvalue weighted by Crippen LogP contribution is -2.22. The Bertz CT molecular complexity index is 441. The Morgan fingerprint density at radius 2 is 2.13 bits per heavy atom. The van der Waals surface area contributed by atoms with E-state index in [1.807, 2.05) is 12.1 Å². The number of hydrogen-bond donors (Lipinski definition) is 0. The van der Waals surface area contributed by atoms with Crippen molar-refractivity contribution in [2.24, 2.45) is 0 Å². The lowest BCUT2D eigenvalue weighted by molar-refractivity contribution is -0.143. The van der Waals surface area contributed by atoms with Gasteiger partial charge in [0.25, 0.3) is 0 Å². The van der Waals surface area contributed by atoms with Crippen molar-refractivity contribution in [3.63, 3.8) is 0 Å². The zero-order valence-electron chi connectivity index (χ0n) is 8.49. The third-order valence-electron chi connectivity index (χ3n) is 2.89. The van der Waals surface area contributed by atoms with Crippen molar-refractivity contribution >= 4 is 5.97 Å². The average Bonchev–Trinajstić information content (AvgIpc) is 3.09. The normalized spacial score (nSPS) is 16.5. The van der Waals surface area contributed by atoms with Crippen LogP contribution in [0.4, 0.5) is 0 Å². The molecular weight excluding hydrogens is 190 g/mol. The fraction of sp³-hybridized carbons (Fsp3) is 0.333. The molecule has 0 heterocycles. The van der Waals surface area contributed by atoms with Gasteiger partial charge in [0.2, 0.25) is 0 Å². The van der Waals surface area contributed by atoms with Crippen LogP contribution in [0.2, 0.25) is 0 Å². The Labute approximate surface area is 88.3 Å². The fourth-order valence-corrected chi connectivity index (χ4v) is 1.90. The molecule has 2 rings (SSSR count). The quantitative estimate of drug-likeness (QED) is 0.685. The summed E-state index contributed by atoms with van der Waals surface area (Å²) in [6.07, 6.45) is 1.55. The monoisotopic (exact) mass is 201 g/mol. The van der Waals surface area contributed by atoms with Gasteiger partial charge in [0.15, 0.2) is 0 Å². The van der Waals surface area contributed by atoms with Gasteiger partial charge in [-0.1, -0.05) is 18.2 Å². The third-order valence-corrected chi connectivity index (χ3v) is 2.89. The van der Waals surface area contributed by atoms with E-state index in [9.17, 15) is 4.79 Å². The molecule has 3 nitrogen and oxygen atoms in total. The minimum atomic E-state index is -0.541. The summed E-state index contributed by atoms with van der Waals surface area (Å²) in [6, 6.07) is 9.33. The minimum Gasteiger partial charge on any atom is -0.468 e. The third kappa shape index (κ3) is 1.39. The van der Waals surface area contributed by atoms with E-state index in [4.69, 9.17) is 10.00 Å². The predicted octanol–water partition coefficient (Wildman–Crippen LogP) is 1.76. The second kappa shape index (κ2) is 3.39. The number of carbonyl (C=O) groups is 1. The maximum absolute atomic E-state index is 11.6. The first-order valence-electron chi connectivity index (χ1n) is 4.82. The summed E-state index contributed by atoms with van der Waals surface area (Å²) in [5.74, 6) is -0.231. The van der Waals surface area contributed by atoms with Gasteiger partial charge in [0, 0.05) is 0 Å². The average molecular weight is 201 g/mol. The summed E-state index contributed by atoms with van der Waals surface area (Å²) in [5.41, 5.74) is 0.834. The first-order chi connectivity index (χ1) is 7.24. The van der Waals surface area contributed by atoms with E-state index in [2.05, 4.69) is 6.07 Å². The van der Waals surface area contributed by atoms with Gasteiger partial charge in [-0.2, -0.15) is 5.26 Å². The van der Waals surface area contributed by atoms with Crippen molar-refractivity contribution in [3.8, 4) is 6.07 Å². The van der Waals surface area contributed by atoms with Gasteiger partial charge in [-0.05, 0) is 24.5 Å². The SMILES string of the molecule is COC(=O)C1(c2ccccc2C#N)CC1. The lowest BCUT2D eigenvalue weighted by Gasteiger charge is -2.13. The second-order valence-electron chi connectivity index (χ2n) is 3.73. The Balaban J connectivity index is 2.47. The smallest absolute Gasteiger partial charge is 0.316 e. The molecule has 1 aliphatic carbocycles. The zero-order valence-corrected chi connectivity index (χ0v) is 8.49. The highest BCUT2D eigenvalue weighted by Crippen LogP contribution is 2.50. The van der Waals surface area contributed by atoms with Gasteiger partial charge in [0.1, 0.15) is 0 Å². The molecule has 15 heavy (non-hydrogen) atoms. The van der Waals surface area contributed by atoms with E-state index in [-0.39, 0.29) is 5.97 Å². The van der Waals surface area contributed by atoms with Crippen molar-refractivity contribution in [3.05, 3.63) is 35.4 Å². The molecule has 0 saturated heterocycles. The largest absolute Gasteiger partial charge is 0.468 e. The van der Waals surface area contributed by atoms with Gasteiger partial charge in [0.05, 0.1) is 24.2 Å². The van der Waals surface area contributed by atoms with Crippen LogP contribution in [-0.4, -0.2) is 13.1 Å². The summed E-state index contributed by atoms with van der Waals surface area (Å²) >= 11 is 0. The van der Waals surface area contributed by atoms with Crippen molar-refractivity contribution in [1.82, 2.24) is 0 Å². The first kappa shape index (κ1) is 9.72. The second-order valence-corrected chi connectivity index (χ2v) is 3.73. The summed E-state index contributed by atoms with van der Waals surface area (Å²) in [6.45, 7) is 0. The van der Waals surface area contributed by atoms with E-state index in [1.54, 1.807) is 12.1 Å². The van der Waals surface area contributed by atoms with E-state index in [0.717, 1.165) is 18.4 Å². The molecule has 3 heteroatoms. The molecular formula is C12H11NO2. The molecule has 0 N–H and O–H groups in total. The Kier molecular flexibility index (Phi) is 2.20. The van der Waals surface area contributed by atoms with Crippen LogP contribution in [0.5, 0.6) is 0 Å². The van der Waals surface area contributed by atoms with Crippen LogP contribution in [0.1, 0.15) is 24.0 Å². The molecule has 0 atom stereocenters. The highest BCUT2D eigenvalue weighted by atomic mass is 16.5. The molecule has 1 saturated carbocycles. The topological polar surface area (TPSA) is 50.1 Å². The molecule has 0 bridgehead atoms. The summed E-state index contributed by atoms with van der Waals surface area (Å²) in [5, 5.41) is 8.96. The first-order valence-corrected chi connectivity index (χ1v) is 4.82. The van der Waals surface area contributed by atoms with Crippen LogP contribution in [-0.2, 0) is 14.9 Å². The summed E-state index contributed by atoms with van der Waals surface area (Å²) in [4.78, 5) is 11.6. The van der Waals surface area contributed by atoms with Crippen molar-refractivity contribution in [2.45, 2.75) is 18.3 Å². The van der Waals surface area contributed by atoms with Gasteiger partial charge in [-0.15, -0.1) is 0 Å². The molecule has 1 aromatic carbocycles. The van der Waals surface area contributed by atoms with E-state index < -0.39 is 5.41 Å². The number of ether oxygens (including phenoxy) is 1. The van der Waals surface area contributed by atoms with Crippen LogP contribution >= 0.6 is 0 Å². The zero-order chi connectivity index (χ0) is 10.9. The van der Waals surface area contributed by atoms with E-state index >= 15 is 0 Å². The molecule has 0 unspecified atom stereocenters. The fourth-order valence-electron chi connectivity index (χ4n) is 1.90. The van der Waals surface area contributed by atoms with Crippen LogP contribution in [0, 0.1) is 11.3 Å². The molecule has 76 valence electrons. The molecule has 0 aromatic heterocycles. The van der Waals surface area contributed by atoms with Crippen LogP contribution in [0.25, 0.3) is 0 Å². The molecule has 0 spiro atoms. The predicted molar refractivity (Wildman–Crippen MR) is 54.1 cm³/mol. The molecule has 1 fully saturated rings. The van der Waals surface area contributed by atoms with Crippen molar-refractivity contribution in [2.75, 3.05) is 7.11 Å². The number of nitrogens with zero attached hydrogens (tertiary/aromatic N) is 1. The molecule has 0 amide bonds. The Morgan fingerprint density at radius 1 is 1.47 bits per heavy atom. The molecule has 0 aliphatic heterocycles. The van der Waals surface area contributed by atoms with Gasteiger partial charge >= 0.3 is 5.97 Å². The molecule has 0 radical (unpaired) electrons. The number of carbonyl (C=O) groups excluding carboxylic acids is 1. The minimum absolute atomic E-state index is 0.231. The molecule has 1 aliphatic rings. The number of rotatable bonds is 2. The summed E-state index contributed by atoms with van der Waals surface area (Å²) in [7, 11) is 1.39. The van der Waals surface area contributed by atoms with Crippen molar-refractivity contribution < 1.29 is 9.53 Å². The van der Waals surface area contributed by atoms with Crippen LogP contribution in [0.3, 0.4) is 0 Å². The number of nitriles is 1. The maximum Gasteiger partial charge on any atom is 0.316 e. The summed E-state index contributed by atoms with van der Waals surface area (Å²) < 4.78 is 4.78. The van der Waals surface area contributed by atoms with Gasteiger partial charge < -0.3 is 4.74 Å². The van der Waals surface area contributed by atoms with Crippen LogP contribution < -0.4 is 0 Å².